The van der Waals surface area contributed by atoms with Crippen LogP contribution in [0.5, 0.6) is 40.2 Å². The van der Waals surface area contributed by atoms with E-state index in [0.29, 0.717) is 12.1 Å². The maximum Gasteiger partial charge on any atom is 0.417 e. The van der Waals surface area contributed by atoms with Gasteiger partial charge in [-0.15, -0.1) is 11.3 Å². The first-order valence-electron chi connectivity index (χ1n) is 16.5. The average Bonchev–Trinajstić information content (AvgIpc) is 3.66. The van der Waals surface area contributed by atoms with E-state index in [1.165, 1.54) is 18.2 Å². The first kappa shape index (κ1) is 44.7. The van der Waals surface area contributed by atoms with Gasteiger partial charge < -0.3 is 50.0 Å². The number of carbonyl (C=O) groups is 2. The van der Waals surface area contributed by atoms with Crippen LogP contribution in [0, 0.1) is 23.0 Å². The van der Waals surface area contributed by atoms with E-state index in [4.69, 9.17) is 19.3 Å². The molecule has 4 aromatic carbocycles. The number of sulfonamides is 1. The highest BCUT2D eigenvalue weighted by Gasteiger charge is 2.35. The van der Waals surface area contributed by atoms with Gasteiger partial charge in [0.1, 0.15) is 29.5 Å². The first-order chi connectivity index (χ1) is 28.1. The molecule has 1 heterocycles. The summed E-state index contributed by atoms with van der Waals surface area (Å²) in [7, 11) is -10.0. The standard InChI is InChI=1S/C35H28F5N4O13PS2/c36-28-21-14-27(60(53,54)44-16-58(51,52)57-20-4-1-19(15-41)22(13-20)35(38,39)40)59-32(21)29(37)31(56-10-8-43-34(50)18-3-6-24(46)26(48)12-18)30(28)55-9-7-42-33(49)17-2-5-23(45)25(47)11-17/h1-6,11-14,44-48H,7-10,16H2,(H,42,49)(H,43,50)(H,51,52). The summed E-state index contributed by atoms with van der Waals surface area (Å²) in [5.74, 6) is -9.16. The fourth-order valence-electron chi connectivity index (χ4n) is 5.03. The quantitative estimate of drug-likeness (QED) is 0.0280. The van der Waals surface area contributed by atoms with Gasteiger partial charge in [0.15, 0.2) is 34.6 Å². The van der Waals surface area contributed by atoms with E-state index >= 15 is 8.78 Å². The summed E-state index contributed by atoms with van der Waals surface area (Å²) in [6, 6.07) is 10.00. The van der Waals surface area contributed by atoms with E-state index in [1.54, 1.807) is 4.72 Å². The third kappa shape index (κ3) is 10.4. The molecule has 0 aliphatic heterocycles. The Kier molecular flexibility index (Phi) is 13.3. The molecule has 0 aliphatic carbocycles. The lowest BCUT2D eigenvalue weighted by molar-refractivity contribution is -0.137. The van der Waals surface area contributed by atoms with E-state index in [9.17, 15) is 61.1 Å². The SMILES string of the molecule is N#Cc1ccc(OP(=O)(O)CNS(=O)(=O)c2cc3c(F)c(OCCNC(=O)c4ccc(O)c(O)c4)c(OCCNC(=O)c4ccc(O)c(O)c4)c(F)c3s2)cc1C(F)(F)F. The normalized spacial score (nSPS) is 12.6. The zero-order chi connectivity index (χ0) is 44.2. The Hall–Kier alpha value is -6.38. The lowest BCUT2D eigenvalue weighted by atomic mass is 10.1. The van der Waals surface area contributed by atoms with Gasteiger partial charge in [-0.3, -0.25) is 9.59 Å². The van der Waals surface area contributed by atoms with Gasteiger partial charge in [-0.1, -0.05) is 0 Å². The van der Waals surface area contributed by atoms with Crippen LogP contribution < -0.4 is 29.4 Å². The molecule has 5 rings (SSSR count). The number of phenolic OH excluding ortho intramolecular Hbond substituents is 4. The Balaban J connectivity index is 1.36. The fraction of sp³-hybridized carbons (Fsp3) is 0.171. The Morgan fingerprint density at radius 1 is 0.800 bits per heavy atom. The number of amides is 2. The van der Waals surface area contributed by atoms with Crippen LogP contribution in [0.4, 0.5) is 22.0 Å². The van der Waals surface area contributed by atoms with Crippen molar-refractivity contribution in [2.45, 2.75) is 10.4 Å². The maximum atomic E-state index is 16.1. The molecule has 17 nitrogen and oxygen atoms in total. The molecule has 0 aliphatic rings. The molecule has 1 aromatic heterocycles. The van der Waals surface area contributed by atoms with Crippen molar-refractivity contribution in [3.63, 3.8) is 0 Å². The van der Waals surface area contributed by atoms with Gasteiger partial charge in [-0.2, -0.15) is 23.2 Å². The number of nitrogens with one attached hydrogen (secondary N) is 3. The van der Waals surface area contributed by atoms with E-state index in [2.05, 4.69) is 10.6 Å². The van der Waals surface area contributed by atoms with Crippen molar-refractivity contribution < 1.29 is 83.8 Å². The number of ether oxygens (including phenoxy) is 2. The summed E-state index contributed by atoms with van der Waals surface area (Å²) in [5, 5.41) is 51.3. The number of hydrogen-bond donors (Lipinski definition) is 8. The van der Waals surface area contributed by atoms with Crippen molar-refractivity contribution in [3.8, 4) is 46.3 Å². The highest BCUT2D eigenvalue weighted by Crippen LogP contribution is 2.46. The number of thiophene rings is 1. The molecule has 0 radical (unpaired) electrons. The van der Waals surface area contributed by atoms with Crippen molar-refractivity contribution in [1.29, 1.82) is 5.26 Å². The third-order valence-corrected chi connectivity index (χ3v) is 12.1. The van der Waals surface area contributed by atoms with Gasteiger partial charge in [-0.05, 0) is 60.7 Å². The number of halogens is 5. The van der Waals surface area contributed by atoms with Crippen LogP contribution in [0.2, 0.25) is 0 Å². The predicted octanol–water partition coefficient (Wildman–Crippen LogP) is 5.01. The minimum absolute atomic E-state index is 0.0903. The van der Waals surface area contributed by atoms with E-state index in [0.717, 1.165) is 30.3 Å². The molecule has 0 spiro atoms. The second-order valence-corrected chi connectivity index (χ2v) is 16.9. The summed E-state index contributed by atoms with van der Waals surface area (Å²) in [4.78, 5) is 35.3. The second kappa shape index (κ2) is 17.9. The largest absolute Gasteiger partial charge is 0.504 e. The molecule has 60 heavy (non-hydrogen) atoms. The van der Waals surface area contributed by atoms with Crippen LogP contribution in [0.3, 0.4) is 0 Å². The van der Waals surface area contributed by atoms with Crippen LogP contribution in [0.1, 0.15) is 31.8 Å². The molecule has 0 saturated heterocycles. The molecule has 8 N–H and O–H groups in total. The number of fused-ring (bicyclic) bond motifs is 1. The molecular formula is C35H28F5N4O13PS2. The summed E-state index contributed by atoms with van der Waals surface area (Å²) in [6.07, 6.45) is -6.50. The van der Waals surface area contributed by atoms with E-state index < -0.39 is 132 Å². The van der Waals surface area contributed by atoms with Crippen molar-refractivity contribution in [1.82, 2.24) is 15.4 Å². The van der Waals surface area contributed by atoms with E-state index in [1.807, 2.05) is 0 Å². The average molecular weight is 903 g/mol. The molecular weight excluding hydrogens is 874 g/mol. The van der Waals surface area contributed by atoms with Gasteiger partial charge in [0, 0.05) is 16.5 Å². The van der Waals surface area contributed by atoms with Crippen LogP contribution in [-0.4, -0.2) is 78.1 Å². The molecule has 1 unspecified atom stereocenters. The number of rotatable bonds is 16. The molecule has 1 atom stereocenters. The Morgan fingerprint density at radius 2 is 1.33 bits per heavy atom. The number of carbonyl (C=O) groups excluding carboxylic acids is 2. The maximum absolute atomic E-state index is 16.1. The van der Waals surface area contributed by atoms with Gasteiger partial charge in [-0.25, -0.2) is 21.8 Å². The molecule has 5 aromatic rings. The van der Waals surface area contributed by atoms with Gasteiger partial charge in [0.25, 0.3) is 21.8 Å². The Morgan fingerprint density at radius 3 is 1.83 bits per heavy atom. The van der Waals surface area contributed by atoms with Gasteiger partial charge >= 0.3 is 13.8 Å². The number of nitrogens with zero attached hydrogens (tertiary/aromatic N) is 1. The van der Waals surface area contributed by atoms with Crippen LogP contribution in [0.25, 0.3) is 10.1 Å². The Labute approximate surface area is 338 Å². The summed E-state index contributed by atoms with van der Waals surface area (Å²) < 4.78 is 127. The van der Waals surface area contributed by atoms with Crippen molar-refractivity contribution >= 4 is 50.9 Å². The van der Waals surface area contributed by atoms with Crippen molar-refractivity contribution in [2.24, 2.45) is 0 Å². The molecule has 0 bridgehead atoms. The van der Waals surface area contributed by atoms with Crippen LogP contribution in [-0.2, 0) is 20.8 Å². The summed E-state index contributed by atoms with van der Waals surface area (Å²) in [6.45, 7) is -1.87. The number of benzene rings is 4. The van der Waals surface area contributed by atoms with Crippen molar-refractivity contribution in [3.05, 3.63) is 94.6 Å². The van der Waals surface area contributed by atoms with Crippen LogP contribution in [0.15, 0.2) is 64.9 Å². The molecule has 25 heteroatoms. The third-order valence-electron chi connectivity index (χ3n) is 7.88. The minimum atomic E-state index is -5.12. The fourth-order valence-corrected chi connectivity index (χ4v) is 8.96. The molecule has 318 valence electrons. The second-order valence-electron chi connectivity index (χ2n) is 12.1. The van der Waals surface area contributed by atoms with Gasteiger partial charge in [0.2, 0.25) is 11.5 Å². The zero-order valence-electron chi connectivity index (χ0n) is 29.9. The van der Waals surface area contributed by atoms with E-state index in [-0.39, 0.29) is 41.6 Å². The highest BCUT2D eigenvalue weighted by atomic mass is 32.2. The van der Waals surface area contributed by atoms with Gasteiger partial charge in [0.05, 0.1) is 35.0 Å². The topological polar surface area (TPSA) is 274 Å². The zero-order valence-corrected chi connectivity index (χ0v) is 32.4. The lowest BCUT2D eigenvalue weighted by Crippen LogP contribution is -2.29. The number of nitriles is 1. The monoisotopic (exact) mass is 902 g/mol. The summed E-state index contributed by atoms with van der Waals surface area (Å²) in [5.41, 5.74) is -2.50. The first-order valence-corrected chi connectivity index (χ1v) is 20.6. The smallest absolute Gasteiger partial charge is 0.417 e. The lowest BCUT2D eigenvalue weighted by Gasteiger charge is -2.16. The molecule has 0 saturated carbocycles. The number of aromatic hydroxyl groups is 4. The highest BCUT2D eigenvalue weighted by molar-refractivity contribution is 7.92. The number of hydrogen-bond acceptors (Lipinski definition) is 14. The predicted molar refractivity (Wildman–Crippen MR) is 199 cm³/mol. The van der Waals surface area contributed by atoms with Crippen LogP contribution >= 0.6 is 18.9 Å². The number of alkyl halides is 3. The molecule has 2 amide bonds. The minimum Gasteiger partial charge on any atom is -0.504 e. The molecule has 0 fully saturated rings. The van der Waals surface area contributed by atoms with Crippen molar-refractivity contribution in [2.75, 3.05) is 32.6 Å². The Bertz CT molecular complexity index is 2580. The summed E-state index contributed by atoms with van der Waals surface area (Å²) >= 11 is 0.129. The number of phenols is 4.